The van der Waals surface area contributed by atoms with Gasteiger partial charge in [0.05, 0.1) is 11.2 Å². The Balaban J connectivity index is 2.55. The second kappa shape index (κ2) is 3.47. The number of fused-ring (bicyclic) bond motifs is 1. The normalized spacial score (nSPS) is 12.3. The van der Waals surface area contributed by atoms with Crippen molar-refractivity contribution in [1.29, 1.82) is 0 Å². The lowest BCUT2D eigenvalue weighted by atomic mass is 10.2. The minimum atomic E-state index is -4.33. The van der Waals surface area contributed by atoms with Crippen LogP contribution in [-0.2, 0) is 6.54 Å². The van der Waals surface area contributed by atoms with E-state index in [1.54, 1.807) is 6.92 Å². The molecule has 16 heavy (non-hydrogen) atoms. The van der Waals surface area contributed by atoms with Gasteiger partial charge in [0, 0.05) is 5.39 Å². The maximum absolute atomic E-state index is 12.9. The summed E-state index contributed by atoms with van der Waals surface area (Å²) in [6.07, 6.45) is -4.33. The molecule has 0 atom stereocenters. The molecule has 86 valence electrons. The lowest BCUT2D eigenvalue weighted by molar-refractivity contribution is -0.141. The highest BCUT2D eigenvalue weighted by atomic mass is 19.4. The molecule has 2 aromatic rings. The molecule has 1 aromatic heterocycles. The number of alkyl halides is 3. The van der Waals surface area contributed by atoms with Crippen molar-refractivity contribution in [1.82, 2.24) is 9.78 Å². The van der Waals surface area contributed by atoms with E-state index >= 15 is 0 Å². The van der Waals surface area contributed by atoms with Crippen LogP contribution < -0.4 is 0 Å². The number of hydrogen-bond donors (Lipinski definition) is 0. The minimum Gasteiger partial charge on any atom is -0.255 e. The van der Waals surface area contributed by atoms with Gasteiger partial charge in [0.15, 0.2) is 0 Å². The van der Waals surface area contributed by atoms with Gasteiger partial charge in [0.25, 0.3) is 0 Å². The Morgan fingerprint density at radius 2 is 2.00 bits per heavy atom. The number of aromatic nitrogens is 2. The fraction of sp³-hybridized carbons (Fsp3) is 0.300. The Morgan fingerprint density at radius 1 is 1.31 bits per heavy atom. The van der Waals surface area contributed by atoms with E-state index in [1.165, 1.54) is 12.1 Å². The van der Waals surface area contributed by atoms with Crippen LogP contribution in [0.5, 0.6) is 0 Å². The number of hydrogen-bond acceptors (Lipinski definition) is 1. The standard InChI is InChI=1S/C10H8F4N2/c1-6-8-4-7(11)2-3-9(8)16(15-6)5-10(12,13)14/h2-4H,5H2,1H3. The summed E-state index contributed by atoms with van der Waals surface area (Å²) in [6, 6.07) is 3.61. The van der Waals surface area contributed by atoms with Gasteiger partial charge in [0.1, 0.15) is 12.4 Å². The molecule has 0 aliphatic carbocycles. The van der Waals surface area contributed by atoms with Gasteiger partial charge < -0.3 is 0 Å². The first kappa shape index (κ1) is 10.9. The minimum absolute atomic E-state index is 0.288. The van der Waals surface area contributed by atoms with Gasteiger partial charge in [-0.25, -0.2) is 4.39 Å². The van der Waals surface area contributed by atoms with Crippen molar-refractivity contribution in [2.75, 3.05) is 0 Å². The van der Waals surface area contributed by atoms with Gasteiger partial charge in [0.2, 0.25) is 0 Å². The van der Waals surface area contributed by atoms with Crippen molar-refractivity contribution in [3.8, 4) is 0 Å². The first-order valence-electron chi connectivity index (χ1n) is 4.56. The van der Waals surface area contributed by atoms with E-state index in [-0.39, 0.29) is 5.52 Å². The monoisotopic (exact) mass is 232 g/mol. The fourth-order valence-electron chi connectivity index (χ4n) is 1.60. The van der Waals surface area contributed by atoms with E-state index in [0.29, 0.717) is 11.1 Å². The largest absolute Gasteiger partial charge is 0.408 e. The van der Waals surface area contributed by atoms with Gasteiger partial charge in [-0.2, -0.15) is 18.3 Å². The Hall–Kier alpha value is -1.59. The maximum Gasteiger partial charge on any atom is 0.408 e. The molecule has 0 saturated heterocycles. The van der Waals surface area contributed by atoms with Crippen molar-refractivity contribution < 1.29 is 17.6 Å². The molecular formula is C10H8F4N2. The highest BCUT2D eigenvalue weighted by molar-refractivity contribution is 5.81. The topological polar surface area (TPSA) is 17.8 Å². The van der Waals surface area contributed by atoms with E-state index in [0.717, 1.165) is 10.7 Å². The Bertz CT molecular complexity index is 527. The van der Waals surface area contributed by atoms with Gasteiger partial charge >= 0.3 is 6.18 Å². The molecule has 0 saturated carbocycles. The zero-order chi connectivity index (χ0) is 11.9. The van der Waals surface area contributed by atoms with E-state index in [1.807, 2.05) is 0 Å². The zero-order valence-electron chi connectivity index (χ0n) is 8.35. The van der Waals surface area contributed by atoms with Crippen LogP contribution in [0.15, 0.2) is 18.2 Å². The van der Waals surface area contributed by atoms with Crippen molar-refractivity contribution in [3.05, 3.63) is 29.7 Å². The lowest BCUT2D eigenvalue weighted by Gasteiger charge is -2.07. The van der Waals surface area contributed by atoms with Gasteiger partial charge in [-0.3, -0.25) is 4.68 Å². The van der Waals surface area contributed by atoms with Crippen LogP contribution in [0.25, 0.3) is 10.9 Å². The fourth-order valence-corrected chi connectivity index (χ4v) is 1.60. The Kier molecular flexibility index (Phi) is 2.36. The third kappa shape index (κ3) is 2.00. The second-order valence-electron chi connectivity index (χ2n) is 3.52. The summed E-state index contributed by atoms with van der Waals surface area (Å²) in [5.74, 6) is -0.484. The number of benzene rings is 1. The van der Waals surface area contributed by atoms with Crippen molar-refractivity contribution in [3.63, 3.8) is 0 Å². The number of aryl methyl sites for hydroxylation is 1. The molecule has 0 radical (unpaired) electrons. The molecule has 0 fully saturated rings. The quantitative estimate of drug-likeness (QED) is 0.691. The van der Waals surface area contributed by atoms with Gasteiger partial charge in [-0.05, 0) is 25.1 Å². The van der Waals surface area contributed by atoms with Gasteiger partial charge in [-0.1, -0.05) is 0 Å². The van der Waals surface area contributed by atoms with Crippen LogP contribution in [0.1, 0.15) is 5.69 Å². The van der Waals surface area contributed by atoms with Crippen LogP contribution in [0.2, 0.25) is 0 Å². The molecule has 2 rings (SSSR count). The van der Waals surface area contributed by atoms with Crippen molar-refractivity contribution in [2.24, 2.45) is 0 Å². The molecular weight excluding hydrogens is 224 g/mol. The predicted octanol–water partition coefficient (Wildman–Crippen LogP) is 3.05. The summed E-state index contributed by atoms with van der Waals surface area (Å²) >= 11 is 0. The predicted molar refractivity (Wildman–Crippen MR) is 50.5 cm³/mol. The van der Waals surface area contributed by atoms with Crippen molar-refractivity contribution in [2.45, 2.75) is 19.6 Å². The molecule has 1 heterocycles. The molecule has 6 heteroatoms. The molecule has 1 aromatic carbocycles. The first-order valence-corrected chi connectivity index (χ1v) is 4.56. The van der Waals surface area contributed by atoms with Gasteiger partial charge in [-0.15, -0.1) is 0 Å². The molecule has 0 bridgehead atoms. The Morgan fingerprint density at radius 3 is 2.62 bits per heavy atom. The molecule has 0 N–H and O–H groups in total. The number of rotatable bonds is 1. The second-order valence-corrected chi connectivity index (χ2v) is 3.52. The van der Waals surface area contributed by atoms with Crippen LogP contribution in [0, 0.1) is 12.7 Å². The average molecular weight is 232 g/mol. The summed E-state index contributed by atoms with van der Waals surface area (Å²) in [6.45, 7) is 0.387. The first-order chi connectivity index (χ1) is 7.37. The van der Waals surface area contributed by atoms with E-state index in [2.05, 4.69) is 5.10 Å². The van der Waals surface area contributed by atoms with Crippen LogP contribution in [-0.4, -0.2) is 16.0 Å². The summed E-state index contributed by atoms with van der Waals surface area (Å²) < 4.78 is 50.4. The van der Waals surface area contributed by atoms with E-state index in [9.17, 15) is 17.6 Å². The lowest BCUT2D eigenvalue weighted by Crippen LogP contribution is -2.18. The number of nitrogens with zero attached hydrogens (tertiary/aromatic N) is 2. The molecule has 0 aliphatic rings. The highest BCUT2D eigenvalue weighted by Gasteiger charge is 2.29. The SMILES string of the molecule is Cc1nn(CC(F)(F)F)c2ccc(F)cc12. The van der Waals surface area contributed by atoms with Crippen LogP contribution in [0.4, 0.5) is 17.6 Å². The third-order valence-electron chi connectivity index (χ3n) is 2.23. The summed E-state index contributed by atoms with van der Waals surface area (Å²) in [4.78, 5) is 0. The maximum atomic E-state index is 12.9. The molecule has 0 amide bonds. The van der Waals surface area contributed by atoms with Crippen LogP contribution >= 0.6 is 0 Å². The Labute approximate surface area is 88.5 Å². The third-order valence-corrected chi connectivity index (χ3v) is 2.23. The summed E-state index contributed by atoms with van der Waals surface area (Å²) in [5.41, 5.74) is 0.676. The average Bonchev–Trinajstić information content (AvgIpc) is 2.40. The van der Waals surface area contributed by atoms with E-state index in [4.69, 9.17) is 0 Å². The molecule has 0 unspecified atom stereocenters. The number of halogens is 4. The van der Waals surface area contributed by atoms with E-state index < -0.39 is 18.5 Å². The molecule has 0 aliphatic heterocycles. The molecule has 0 spiro atoms. The summed E-state index contributed by atoms with van der Waals surface area (Å²) in [7, 11) is 0. The smallest absolute Gasteiger partial charge is 0.255 e. The summed E-state index contributed by atoms with van der Waals surface area (Å²) in [5, 5.41) is 4.15. The van der Waals surface area contributed by atoms with Crippen LogP contribution in [0.3, 0.4) is 0 Å². The zero-order valence-corrected chi connectivity index (χ0v) is 8.35. The van der Waals surface area contributed by atoms with Crippen molar-refractivity contribution >= 4 is 10.9 Å². The highest BCUT2D eigenvalue weighted by Crippen LogP contribution is 2.23. The molecule has 2 nitrogen and oxygen atoms in total.